The number of ether oxygens (including phenoxy) is 1. The second-order valence-electron chi connectivity index (χ2n) is 4.19. The highest BCUT2D eigenvalue weighted by Gasteiger charge is 2.38. The van der Waals surface area contributed by atoms with E-state index in [-0.39, 0.29) is 10.7 Å². The molecule has 0 saturated heterocycles. The van der Waals surface area contributed by atoms with Crippen LogP contribution in [0.15, 0.2) is 24.4 Å². The van der Waals surface area contributed by atoms with E-state index in [0.717, 1.165) is 13.3 Å². The number of nitrogens with one attached hydrogen (secondary N) is 1. The van der Waals surface area contributed by atoms with Crippen LogP contribution in [0.2, 0.25) is 10.0 Å². The lowest BCUT2D eigenvalue weighted by Gasteiger charge is -2.13. The number of carbonyl (C=O) groups is 1. The van der Waals surface area contributed by atoms with Gasteiger partial charge in [0.15, 0.2) is 5.69 Å². The number of halogens is 5. The molecule has 0 spiro atoms. The van der Waals surface area contributed by atoms with Crippen LogP contribution in [0.5, 0.6) is 0 Å². The number of anilines is 2. The molecule has 10 heteroatoms. The Labute approximate surface area is 138 Å². The Morgan fingerprint density at radius 3 is 2.61 bits per heavy atom. The minimum Gasteiger partial charge on any atom is -0.465 e. The fourth-order valence-electron chi connectivity index (χ4n) is 1.63. The lowest BCUT2D eigenvalue weighted by molar-refractivity contribution is -0.141. The van der Waals surface area contributed by atoms with Crippen molar-refractivity contribution in [2.75, 3.05) is 12.4 Å². The lowest BCUT2D eigenvalue weighted by atomic mass is 10.2. The zero-order valence-corrected chi connectivity index (χ0v) is 12.9. The molecule has 0 unspecified atom stereocenters. The molecule has 0 aliphatic heterocycles. The molecular formula is C13H8Cl2F3N3O2. The maximum absolute atomic E-state index is 13.0. The highest BCUT2D eigenvalue weighted by atomic mass is 35.5. The van der Waals surface area contributed by atoms with Crippen LogP contribution in [0.3, 0.4) is 0 Å². The third kappa shape index (κ3) is 4.02. The van der Waals surface area contributed by atoms with Crippen molar-refractivity contribution in [2.45, 2.75) is 6.18 Å². The summed E-state index contributed by atoms with van der Waals surface area (Å²) in [5.41, 5.74) is -1.99. The molecule has 1 heterocycles. The van der Waals surface area contributed by atoms with Crippen LogP contribution >= 0.6 is 23.2 Å². The van der Waals surface area contributed by atoms with Crippen LogP contribution in [0.25, 0.3) is 0 Å². The smallest absolute Gasteiger partial charge is 0.434 e. The number of aromatic nitrogens is 2. The van der Waals surface area contributed by atoms with Crippen LogP contribution in [0.1, 0.15) is 16.1 Å². The van der Waals surface area contributed by atoms with Crippen molar-refractivity contribution in [1.29, 1.82) is 0 Å². The highest BCUT2D eigenvalue weighted by molar-refractivity contribution is 6.35. The average Bonchev–Trinajstić information content (AvgIpc) is 2.49. The third-order valence-corrected chi connectivity index (χ3v) is 3.20. The Bertz CT molecular complexity index is 754. The molecular weight excluding hydrogens is 358 g/mol. The summed E-state index contributed by atoms with van der Waals surface area (Å²) in [5, 5.41) is 3.05. The molecule has 122 valence electrons. The largest absolute Gasteiger partial charge is 0.465 e. The number of rotatable bonds is 3. The third-order valence-electron chi connectivity index (χ3n) is 2.64. The van der Waals surface area contributed by atoms with Crippen molar-refractivity contribution in [3.8, 4) is 0 Å². The minimum absolute atomic E-state index is 0.212. The number of methoxy groups -OCH3 is 1. The van der Waals surface area contributed by atoms with Gasteiger partial charge < -0.3 is 10.1 Å². The summed E-state index contributed by atoms with van der Waals surface area (Å²) < 4.78 is 43.4. The van der Waals surface area contributed by atoms with E-state index in [1.165, 1.54) is 18.2 Å². The Morgan fingerprint density at radius 2 is 2.00 bits per heavy atom. The highest BCUT2D eigenvalue weighted by Crippen LogP contribution is 2.32. The molecule has 0 radical (unpaired) electrons. The van der Waals surface area contributed by atoms with E-state index in [1.54, 1.807) is 0 Å². The van der Waals surface area contributed by atoms with E-state index in [9.17, 15) is 18.0 Å². The number of hydrogen-bond acceptors (Lipinski definition) is 5. The second kappa shape index (κ2) is 6.59. The summed E-state index contributed by atoms with van der Waals surface area (Å²) >= 11 is 11.7. The molecule has 2 aromatic rings. The van der Waals surface area contributed by atoms with Gasteiger partial charge in [0.2, 0.25) is 5.95 Å². The van der Waals surface area contributed by atoms with Gasteiger partial charge in [-0.05, 0) is 18.2 Å². The van der Waals surface area contributed by atoms with Gasteiger partial charge in [-0.1, -0.05) is 23.2 Å². The number of carbonyl (C=O) groups excluding carboxylic acids is 1. The maximum Gasteiger partial charge on any atom is 0.434 e. The summed E-state index contributed by atoms with van der Waals surface area (Å²) in [6.45, 7) is 0. The van der Waals surface area contributed by atoms with Gasteiger partial charge in [0, 0.05) is 11.2 Å². The SMILES string of the molecule is COC(=O)c1cnc(Nc2cc(Cl)ccc2Cl)nc1C(F)(F)F. The van der Waals surface area contributed by atoms with Crippen molar-refractivity contribution in [3.05, 3.63) is 45.7 Å². The van der Waals surface area contributed by atoms with E-state index in [0.29, 0.717) is 5.02 Å². The summed E-state index contributed by atoms with van der Waals surface area (Å²) in [4.78, 5) is 18.4. The Morgan fingerprint density at radius 1 is 1.30 bits per heavy atom. The summed E-state index contributed by atoms with van der Waals surface area (Å²) in [6, 6.07) is 4.37. The molecule has 2 rings (SSSR count). The van der Waals surface area contributed by atoms with Crippen LogP contribution < -0.4 is 5.32 Å². The molecule has 0 atom stereocenters. The Hall–Kier alpha value is -2.06. The van der Waals surface area contributed by atoms with E-state index in [2.05, 4.69) is 20.0 Å². The first kappa shape index (κ1) is 17.3. The fraction of sp³-hybridized carbons (Fsp3) is 0.154. The number of benzene rings is 1. The molecule has 0 saturated carbocycles. The number of hydrogen-bond donors (Lipinski definition) is 1. The van der Waals surface area contributed by atoms with Crippen LogP contribution in [-0.4, -0.2) is 23.0 Å². The molecule has 0 fully saturated rings. The van der Waals surface area contributed by atoms with Gasteiger partial charge >= 0.3 is 12.1 Å². The number of alkyl halides is 3. The predicted molar refractivity (Wildman–Crippen MR) is 78.1 cm³/mol. The van der Waals surface area contributed by atoms with Crippen LogP contribution in [-0.2, 0) is 10.9 Å². The van der Waals surface area contributed by atoms with Gasteiger partial charge in [-0.3, -0.25) is 0 Å². The first-order chi connectivity index (χ1) is 10.7. The summed E-state index contributed by atoms with van der Waals surface area (Å²) in [5.74, 6) is -1.58. The molecule has 1 aromatic carbocycles. The first-order valence-corrected chi connectivity index (χ1v) is 6.72. The number of esters is 1. The standard InChI is InChI=1S/C13H8Cl2F3N3O2/c1-23-11(22)7-5-19-12(21-10(7)13(16,17)18)20-9-4-6(14)2-3-8(9)15/h2-5H,1H3,(H,19,20,21). The quantitative estimate of drug-likeness (QED) is 0.820. The monoisotopic (exact) mass is 365 g/mol. The van der Waals surface area contributed by atoms with Gasteiger partial charge in [0.1, 0.15) is 5.56 Å². The number of nitrogens with zero attached hydrogens (tertiary/aromatic N) is 2. The van der Waals surface area contributed by atoms with Crippen molar-refractivity contribution in [2.24, 2.45) is 0 Å². The second-order valence-corrected chi connectivity index (χ2v) is 5.04. The minimum atomic E-state index is -4.86. The lowest BCUT2D eigenvalue weighted by Crippen LogP contribution is -2.18. The van der Waals surface area contributed by atoms with Crippen molar-refractivity contribution in [3.63, 3.8) is 0 Å². The Kier molecular flexibility index (Phi) is 4.96. The molecule has 1 aromatic heterocycles. The van der Waals surface area contributed by atoms with Gasteiger partial charge in [0.25, 0.3) is 0 Å². The van der Waals surface area contributed by atoms with Crippen molar-refractivity contribution < 1.29 is 22.7 Å². The van der Waals surface area contributed by atoms with Crippen molar-refractivity contribution in [1.82, 2.24) is 9.97 Å². The zero-order valence-electron chi connectivity index (χ0n) is 11.4. The van der Waals surface area contributed by atoms with E-state index >= 15 is 0 Å². The van der Waals surface area contributed by atoms with Crippen LogP contribution in [0, 0.1) is 0 Å². The van der Waals surface area contributed by atoms with E-state index in [1.807, 2.05) is 0 Å². The van der Waals surface area contributed by atoms with E-state index < -0.39 is 29.4 Å². The van der Waals surface area contributed by atoms with Gasteiger partial charge in [-0.25, -0.2) is 14.8 Å². The van der Waals surface area contributed by atoms with Crippen LogP contribution in [0.4, 0.5) is 24.8 Å². The van der Waals surface area contributed by atoms with Crippen molar-refractivity contribution >= 4 is 40.8 Å². The zero-order chi connectivity index (χ0) is 17.2. The first-order valence-electron chi connectivity index (χ1n) is 5.97. The molecule has 1 N–H and O–H groups in total. The molecule has 0 aliphatic rings. The Balaban J connectivity index is 2.45. The average molecular weight is 366 g/mol. The topological polar surface area (TPSA) is 64.1 Å². The molecule has 23 heavy (non-hydrogen) atoms. The predicted octanol–water partition coefficient (Wildman–Crippen LogP) is 4.33. The van der Waals surface area contributed by atoms with Gasteiger partial charge in [-0.2, -0.15) is 13.2 Å². The summed E-state index contributed by atoms with van der Waals surface area (Å²) in [6.07, 6.45) is -4.14. The van der Waals surface area contributed by atoms with Gasteiger partial charge in [-0.15, -0.1) is 0 Å². The molecule has 0 bridgehead atoms. The summed E-state index contributed by atoms with van der Waals surface area (Å²) in [7, 11) is 0.959. The van der Waals surface area contributed by atoms with E-state index in [4.69, 9.17) is 23.2 Å². The maximum atomic E-state index is 13.0. The molecule has 5 nitrogen and oxygen atoms in total. The molecule has 0 aliphatic carbocycles. The molecule has 0 amide bonds. The normalized spacial score (nSPS) is 11.2. The fourth-order valence-corrected chi connectivity index (χ4v) is 1.97. The van der Waals surface area contributed by atoms with Gasteiger partial charge in [0.05, 0.1) is 17.8 Å².